The molecule has 0 aliphatic rings. The Morgan fingerprint density at radius 3 is 2.59 bits per heavy atom. The Labute approximate surface area is 154 Å². The number of carbonyl (C=O) groups excluding carboxylic acids is 1. The summed E-state index contributed by atoms with van der Waals surface area (Å²) in [5.74, 6) is 0.215. The average Bonchev–Trinajstić information content (AvgIpc) is 2.71. The highest BCUT2D eigenvalue weighted by Gasteiger charge is 2.09. The van der Waals surface area contributed by atoms with Crippen LogP contribution in [0.4, 0.5) is 0 Å². The van der Waals surface area contributed by atoms with Gasteiger partial charge in [-0.2, -0.15) is 0 Å². The normalized spacial score (nSPS) is 10.8. The fourth-order valence-electron chi connectivity index (χ4n) is 2.85. The second-order valence-corrected chi connectivity index (χ2v) is 6.01. The zero-order valence-electron chi connectivity index (χ0n) is 14.3. The van der Waals surface area contributed by atoms with Crippen molar-refractivity contribution >= 4 is 27.6 Å². The minimum absolute atomic E-state index is 0.131. The van der Waals surface area contributed by atoms with Crippen LogP contribution < -0.4 is 15.7 Å². The molecule has 0 fully saturated rings. The van der Waals surface area contributed by atoms with Gasteiger partial charge in [-0.25, -0.2) is 4.79 Å². The lowest BCUT2D eigenvalue weighted by molar-refractivity contribution is -0.123. The van der Waals surface area contributed by atoms with Crippen LogP contribution in [0.25, 0.3) is 21.7 Å². The van der Waals surface area contributed by atoms with E-state index in [4.69, 9.17) is 9.15 Å². The molecule has 0 aliphatic carbocycles. The molecule has 4 rings (SSSR count). The van der Waals surface area contributed by atoms with Gasteiger partial charge in [-0.05, 0) is 41.3 Å². The Morgan fingerprint density at radius 2 is 1.78 bits per heavy atom. The molecule has 2 heterocycles. The van der Waals surface area contributed by atoms with Crippen molar-refractivity contribution < 1.29 is 13.9 Å². The maximum absolute atomic E-state index is 12.1. The molecule has 2 aromatic carbocycles. The van der Waals surface area contributed by atoms with E-state index in [2.05, 4.69) is 10.3 Å². The zero-order chi connectivity index (χ0) is 18.6. The van der Waals surface area contributed by atoms with Gasteiger partial charge in [0.15, 0.2) is 6.61 Å². The van der Waals surface area contributed by atoms with Gasteiger partial charge in [-0.15, -0.1) is 0 Å². The first-order valence-electron chi connectivity index (χ1n) is 8.45. The van der Waals surface area contributed by atoms with E-state index in [1.54, 1.807) is 36.7 Å². The summed E-state index contributed by atoms with van der Waals surface area (Å²) in [6.45, 7) is 0.275. The van der Waals surface area contributed by atoms with Crippen molar-refractivity contribution in [2.24, 2.45) is 0 Å². The third-order valence-corrected chi connectivity index (χ3v) is 4.20. The van der Waals surface area contributed by atoms with Crippen LogP contribution in [0.15, 0.2) is 76.2 Å². The van der Waals surface area contributed by atoms with Gasteiger partial charge in [0.25, 0.3) is 5.91 Å². The molecule has 4 aromatic rings. The van der Waals surface area contributed by atoms with Crippen LogP contribution >= 0.6 is 0 Å². The van der Waals surface area contributed by atoms with Crippen molar-refractivity contribution in [3.8, 4) is 5.75 Å². The molecule has 2 aromatic heterocycles. The van der Waals surface area contributed by atoms with Crippen molar-refractivity contribution in [2.75, 3.05) is 6.61 Å². The minimum atomic E-state index is -0.398. The number of benzene rings is 2. The molecule has 27 heavy (non-hydrogen) atoms. The summed E-state index contributed by atoms with van der Waals surface area (Å²) in [5, 5.41) is 4.95. The summed E-state index contributed by atoms with van der Waals surface area (Å²) in [5.41, 5.74) is 0.983. The highest BCUT2D eigenvalue weighted by atomic mass is 16.5. The molecule has 0 unspecified atom stereocenters. The van der Waals surface area contributed by atoms with Crippen LogP contribution in [0.2, 0.25) is 0 Å². The molecule has 1 amide bonds. The third-order valence-electron chi connectivity index (χ3n) is 4.20. The number of nitrogens with one attached hydrogen (secondary N) is 1. The summed E-state index contributed by atoms with van der Waals surface area (Å²) in [7, 11) is 0. The van der Waals surface area contributed by atoms with E-state index in [0.717, 1.165) is 16.3 Å². The summed E-state index contributed by atoms with van der Waals surface area (Å²) < 4.78 is 10.9. The second kappa shape index (κ2) is 7.29. The van der Waals surface area contributed by atoms with Gasteiger partial charge in [0.1, 0.15) is 11.3 Å². The summed E-state index contributed by atoms with van der Waals surface area (Å²) >= 11 is 0. The zero-order valence-corrected chi connectivity index (χ0v) is 14.3. The van der Waals surface area contributed by atoms with E-state index < -0.39 is 5.63 Å². The van der Waals surface area contributed by atoms with Crippen LogP contribution in [-0.2, 0) is 11.3 Å². The van der Waals surface area contributed by atoms with Crippen molar-refractivity contribution in [3.05, 3.63) is 83.0 Å². The van der Waals surface area contributed by atoms with Crippen LogP contribution in [0.3, 0.4) is 0 Å². The number of hydrogen-bond donors (Lipinski definition) is 1. The molecule has 0 saturated heterocycles. The van der Waals surface area contributed by atoms with Crippen LogP contribution in [0.1, 0.15) is 5.56 Å². The van der Waals surface area contributed by atoms with E-state index in [1.807, 2.05) is 30.3 Å². The lowest BCUT2D eigenvalue weighted by Crippen LogP contribution is -2.28. The largest absolute Gasteiger partial charge is 0.484 e. The summed E-state index contributed by atoms with van der Waals surface area (Å²) in [6.07, 6.45) is 3.34. The number of nitrogens with zero attached hydrogens (tertiary/aromatic N) is 1. The quantitative estimate of drug-likeness (QED) is 0.437. The highest BCUT2D eigenvalue weighted by molar-refractivity contribution is 6.04. The van der Waals surface area contributed by atoms with E-state index in [0.29, 0.717) is 23.3 Å². The van der Waals surface area contributed by atoms with Crippen molar-refractivity contribution in [1.29, 1.82) is 0 Å². The Kier molecular flexibility index (Phi) is 4.53. The standard InChI is InChI=1S/C21H16N2O4/c24-20(23-12-14-7-9-22-10-8-14)13-26-15-5-6-17-16-3-1-2-4-18(16)21(25)27-19(17)11-15/h1-11H,12-13H2,(H,23,24). The van der Waals surface area contributed by atoms with Gasteiger partial charge in [-0.1, -0.05) is 18.2 Å². The van der Waals surface area contributed by atoms with Crippen molar-refractivity contribution in [3.63, 3.8) is 0 Å². The number of carbonyl (C=O) groups is 1. The number of aromatic nitrogens is 1. The lowest BCUT2D eigenvalue weighted by atomic mass is 10.1. The van der Waals surface area contributed by atoms with Gasteiger partial charge >= 0.3 is 5.63 Å². The minimum Gasteiger partial charge on any atom is -0.484 e. The monoisotopic (exact) mass is 360 g/mol. The Morgan fingerprint density at radius 1 is 1.00 bits per heavy atom. The Hall–Kier alpha value is -3.67. The molecular weight excluding hydrogens is 344 g/mol. The molecule has 0 bridgehead atoms. The molecule has 134 valence electrons. The number of pyridine rings is 1. The fraction of sp³-hybridized carbons (Fsp3) is 0.0952. The van der Waals surface area contributed by atoms with E-state index in [9.17, 15) is 9.59 Å². The highest BCUT2D eigenvalue weighted by Crippen LogP contribution is 2.26. The first kappa shape index (κ1) is 16.8. The second-order valence-electron chi connectivity index (χ2n) is 6.01. The molecule has 1 N–H and O–H groups in total. The summed E-state index contributed by atoms with van der Waals surface area (Å²) in [4.78, 5) is 28.0. The van der Waals surface area contributed by atoms with Crippen LogP contribution in [0, 0.1) is 0 Å². The number of rotatable bonds is 5. The predicted octanol–water partition coefficient (Wildman–Crippen LogP) is 3.04. The number of ether oxygens (including phenoxy) is 1. The predicted molar refractivity (Wildman–Crippen MR) is 102 cm³/mol. The van der Waals surface area contributed by atoms with E-state index in [-0.39, 0.29) is 12.5 Å². The molecule has 0 saturated carbocycles. The van der Waals surface area contributed by atoms with Crippen molar-refractivity contribution in [1.82, 2.24) is 10.3 Å². The molecule has 0 atom stereocenters. The maximum Gasteiger partial charge on any atom is 0.344 e. The first-order valence-corrected chi connectivity index (χ1v) is 8.45. The molecule has 6 nitrogen and oxygen atoms in total. The van der Waals surface area contributed by atoms with Gasteiger partial charge in [0, 0.05) is 30.4 Å². The van der Waals surface area contributed by atoms with Gasteiger partial charge in [-0.3, -0.25) is 9.78 Å². The van der Waals surface area contributed by atoms with Gasteiger partial charge in [0.2, 0.25) is 0 Å². The number of fused-ring (bicyclic) bond motifs is 3. The molecule has 0 radical (unpaired) electrons. The molecule has 6 heteroatoms. The molecule has 0 spiro atoms. The van der Waals surface area contributed by atoms with Crippen LogP contribution in [-0.4, -0.2) is 17.5 Å². The SMILES string of the molecule is O=C(COc1ccc2c(c1)oc(=O)c1ccccc12)NCc1ccncc1. The van der Waals surface area contributed by atoms with E-state index >= 15 is 0 Å². The Bertz CT molecular complexity index is 1170. The van der Waals surface area contributed by atoms with Crippen LogP contribution in [0.5, 0.6) is 5.75 Å². The smallest absolute Gasteiger partial charge is 0.344 e. The number of hydrogen-bond acceptors (Lipinski definition) is 5. The molecule has 0 aliphatic heterocycles. The summed E-state index contributed by atoms with van der Waals surface area (Å²) in [6, 6.07) is 16.1. The van der Waals surface area contributed by atoms with E-state index in [1.165, 1.54) is 0 Å². The Balaban J connectivity index is 1.47. The number of amides is 1. The molecular formula is C21H16N2O4. The first-order chi connectivity index (χ1) is 13.2. The van der Waals surface area contributed by atoms with Crippen molar-refractivity contribution in [2.45, 2.75) is 6.54 Å². The van der Waals surface area contributed by atoms with Gasteiger partial charge in [0.05, 0.1) is 5.39 Å². The average molecular weight is 360 g/mol. The topological polar surface area (TPSA) is 81.4 Å². The third kappa shape index (κ3) is 3.64. The maximum atomic E-state index is 12.1. The van der Waals surface area contributed by atoms with Gasteiger partial charge < -0.3 is 14.5 Å². The lowest BCUT2D eigenvalue weighted by Gasteiger charge is -2.09. The fourth-order valence-corrected chi connectivity index (χ4v) is 2.85.